The zero-order chi connectivity index (χ0) is 75.6. The summed E-state index contributed by atoms with van der Waals surface area (Å²) in [7, 11) is -5.45. The van der Waals surface area contributed by atoms with Crippen molar-refractivity contribution in [3.63, 3.8) is 0 Å². The number of ether oxygens (including phenoxy) is 12. The molecule has 26 atom stereocenters. The molecule has 0 spiro atoms. The van der Waals surface area contributed by atoms with E-state index in [-0.39, 0.29) is 24.9 Å². The summed E-state index contributed by atoms with van der Waals surface area (Å²) in [6.07, 6.45) is -32.1. The molecule has 18 N–H and O–H groups in total. The number of carboxylic acids is 1. The van der Waals surface area contributed by atoms with Crippen molar-refractivity contribution in [2.75, 3.05) is 26.4 Å². The highest BCUT2D eigenvalue weighted by atomic mass is 31.2. The van der Waals surface area contributed by atoms with Crippen LogP contribution < -0.4 is 16.8 Å². The lowest BCUT2D eigenvalue weighted by molar-refractivity contribution is -0.422. The lowest BCUT2D eigenvalue weighted by Crippen LogP contribution is -2.71. The van der Waals surface area contributed by atoms with Gasteiger partial charge in [0, 0.05) is 24.7 Å². The van der Waals surface area contributed by atoms with E-state index < -0.39 is 228 Å². The number of aliphatic hydroxyl groups excluding tert-OH is 9. The van der Waals surface area contributed by atoms with Crippen molar-refractivity contribution in [3.8, 4) is 0 Å². The molecule has 7 rings (SSSR count). The van der Waals surface area contributed by atoms with Crippen LogP contribution >= 0.6 is 8.17 Å². The maximum atomic E-state index is 13.4. The monoisotopic (exact) mass is 1480 g/mol. The molecule has 7 aliphatic rings. The van der Waals surface area contributed by atoms with E-state index in [0.717, 1.165) is 50.2 Å². The van der Waals surface area contributed by atoms with Crippen LogP contribution in [-0.4, -0.2) is 269 Å². The highest BCUT2D eigenvalue weighted by Crippen LogP contribution is 2.56. The van der Waals surface area contributed by atoms with Crippen LogP contribution in [0.2, 0.25) is 0 Å². The van der Waals surface area contributed by atoms with Gasteiger partial charge < -0.3 is 130 Å². The third-order valence-electron chi connectivity index (χ3n) is 18.8. The number of ketones is 1. The number of nitrogens with two attached hydrogens (primary N) is 2. The molecule has 6 heterocycles. The number of primary amides is 2. The first-order valence-corrected chi connectivity index (χ1v) is 35.2. The van der Waals surface area contributed by atoms with Crippen molar-refractivity contribution < 1.29 is 156 Å². The first-order valence-electron chi connectivity index (χ1n) is 33.7. The maximum Gasteiger partial charge on any atom is 0.572 e. The second kappa shape index (κ2) is 36.6. The van der Waals surface area contributed by atoms with Gasteiger partial charge >= 0.3 is 20.2 Å². The summed E-state index contributed by atoms with van der Waals surface area (Å²) in [5.74, 6) is -8.22. The van der Waals surface area contributed by atoms with Gasteiger partial charge in [0.15, 0.2) is 67.8 Å². The molecular weight excluding hydrogens is 1380 g/mol. The third kappa shape index (κ3) is 21.7. The number of carbonyl (C=O) groups excluding carboxylic acids is 4. The molecule has 4 bridgehead atoms. The quantitative estimate of drug-likeness (QED) is 0.0326. The number of nitrogens with one attached hydrogen (secondary N) is 1. The molecule has 0 aromatic carbocycles. The SMILES string of the molecule is C=C(C/C=C(\C)CCC=C(C)C)CCC(C)(C)/C=C/CC/C(C)=C\CO[C@H](CO[P+](O)(O)O[C@@H]1O[C@H](C(N)=O)C(C)(O)C(OC(N)=O)[C@H]1O[C@@H]1OC2CO[C@@H]3OC(CO)[C@@H](O)[C@H](OC4O[C@@H](O[C@H]2[C@H](O)C1C)C(C)[C@@H](O)[C@@H]4O[C@@H]1OC(C(=O)NC2=C(O)CCC2=O)[C@H](O)[C@H](O)C1O)C3O)C(=O)O. The van der Waals surface area contributed by atoms with Crippen LogP contribution in [0, 0.1) is 17.3 Å². The molecule has 6 fully saturated rings. The zero-order valence-electron chi connectivity index (χ0n) is 58.4. The van der Waals surface area contributed by atoms with E-state index in [9.17, 15) is 89.9 Å². The van der Waals surface area contributed by atoms with Crippen LogP contribution in [0.3, 0.4) is 0 Å². The van der Waals surface area contributed by atoms with Crippen molar-refractivity contribution in [1.29, 1.82) is 0 Å². The normalized spacial score (nSPS) is 37.6. The smallest absolute Gasteiger partial charge is 0.510 e. The summed E-state index contributed by atoms with van der Waals surface area (Å²) in [5.41, 5.74) is 12.4. The van der Waals surface area contributed by atoms with Gasteiger partial charge in [-0.05, 0) is 85.0 Å². The Balaban J connectivity index is 1.06. The van der Waals surface area contributed by atoms with Gasteiger partial charge in [0.1, 0.15) is 84.7 Å². The molecule has 0 radical (unpaired) electrons. The minimum atomic E-state index is -5.45. The molecule has 36 heteroatoms. The van der Waals surface area contributed by atoms with E-state index in [1.54, 1.807) is 6.08 Å². The largest absolute Gasteiger partial charge is 0.572 e. The minimum absolute atomic E-state index is 0.110. The average molecular weight is 1480 g/mol. The predicted octanol–water partition coefficient (Wildman–Crippen LogP) is -0.228. The molecule has 578 valence electrons. The number of carbonyl (C=O) groups is 5. The van der Waals surface area contributed by atoms with Gasteiger partial charge in [0.25, 0.3) is 5.91 Å². The number of carboxylic acid groups (broad SMARTS) is 1. The van der Waals surface area contributed by atoms with Gasteiger partial charge in [-0.2, -0.15) is 9.79 Å². The van der Waals surface area contributed by atoms with E-state index in [2.05, 4.69) is 70.8 Å². The minimum Gasteiger partial charge on any atom is -0.510 e. The van der Waals surface area contributed by atoms with Crippen LogP contribution in [0.4, 0.5) is 4.79 Å². The summed E-state index contributed by atoms with van der Waals surface area (Å²) >= 11 is 0. The van der Waals surface area contributed by atoms with Crippen LogP contribution in [0.15, 0.2) is 70.7 Å². The Labute approximate surface area is 590 Å². The highest BCUT2D eigenvalue weighted by Gasteiger charge is 2.64. The number of amides is 3. The van der Waals surface area contributed by atoms with Gasteiger partial charge in [-0.1, -0.05) is 86.9 Å². The standard InChI is InChI=1S/C66H102N3O32P/c1-29(2)14-13-16-30(3)17-18-32(5)21-24-65(8,9)23-12-11-15-31(4)22-25-88-39(57(82)83)28-90-102(86,87)101-63-52(53(99-64(68)84)66(10,85)54(98-63)55(67)80)97-58-33(6)41(73)48-38(92-58)27-89-60-47(79)49(43(75)37(26-70)91-60)94-62-51(42(74)34(7)59(93-48)100-62)96-61-46(78)44(76)45(77)50(95-61)56(81)69-40-35(71)19-20-36(40)72/h12,14,17,22-23,33-34,37-39,41-54,58-63,70,73-79,85-87H,5,11,13,15-16,18-21,24-28H2,1-4,6-10H3,(H6-,67,68,69,71,72,80,81,82,83,84)/p+1/b23-12+,30-17+,31-22-/t33?,34?,37?,38?,39-,41-,42-,43-,44+,45-,46?,47?,48-,49+,50?,51+,52-,53?,54-,58+,59-,60-,61+,62?,63+,66?/m1/s1. The maximum absolute atomic E-state index is 13.4. The summed E-state index contributed by atoms with van der Waals surface area (Å²) < 4.78 is 82.0. The summed E-state index contributed by atoms with van der Waals surface area (Å²) in [6.45, 7) is 17.1. The average Bonchev–Trinajstić information content (AvgIpc) is 0.799. The van der Waals surface area contributed by atoms with E-state index >= 15 is 0 Å². The fourth-order valence-corrected chi connectivity index (χ4v) is 13.2. The van der Waals surface area contributed by atoms with E-state index in [1.807, 2.05) is 6.92 Å². The molecule has 1 aliphatic carbocycles. The Hall–Kier alpha value is -4.94. The fraction of sp³-hybridized carbons (Fsp3) is 0.742. The molecule has 0 aromatic rings. The van der Waals surface area contributed by atoms with Crippen molar-refractivity contribution in [3.05, 3.63) is 70.7 Å². The fourth-order valence-electron chi connectivity index (χ4n) is 12.4. The Kier molecular flexibility index (Phi) is 30.2. The zero-order valence-corrected chi connectivity index (χ0v) is 59.3. The number of hydrogen-bond acceptors (Lipinski definition) is 31. The third-order valence-corrected chi connectivity index (χ3v) is 19.7. The number of allylic oxidation sites excluding steroid dienone is 10. The first-order chi connectivity index (χ1) is 47.7. The summed E-state index contributed by atoms with van der Waals surface area (Å²) in [4.78, 5) is 86.7. The number of Topliss-reactive ketones (excluding diaryl/α,β-unsaturated/α-hetero) is 1. The molecule has 6 aliphatic heterocycles. The summed E-state index contributed by atoms with van der Waals surface area (Å²) in [5, 5.41) is 126. The van der Waals surface area contributed by atoms with Crippen molar-refractivity contribution in [2.24, 2.45) is 28.7 Å². The second-order valence-electron chi connectivity index (χ2n) is 27.9. The van der Waals surface area contributed by atoms with E-state index in [4.69, 9.17) is 77.4 Å². The van der Waals surface area contributed by atoms with Crippen molar-refractivity contribution >= 4 is 37.8 Å². The lowest BCUT2D eigenvalue weighted by Gasteiger charge is -2.52. The van der Waals surface area contributed by atoms with E-state index in [1.165, 1.54) is 25.0 Å². The van der Waals surface area contributed by atoms with E-state index in [0.29, 0.717) is 12.8 Å². The lowest BCUT2D eigenvalue weighted by atomic mass is 9.84. The van der Waals surface area contributed by atoms with Gasteiger partial charge in [-0.25, -0.2) is 9.59 Å². The number of hydrogen-bond donors (Lipinski definition) is 16. The highest BCUT2D eigenvalue weighted by molar-refractivity contribution is 7.54. The number of fused-ring (bicyclic) bond motifs is 5. The van der Waals surface area contributed by atoms with Crippen LogP contribution in [0.25, 0.3) is 0 Å². The molecule has 0 saturated carbocycles. The Bertz CT molecular complexity index is 3050. The second-order valence-corrected chi connectivity index (χ2v) is 29.4. The Morgan fingerprint density at radius 3 is 2.06 bits per heavy atom. The summed E-state index contributed by atoms with van der Waals surface area (Å²) in [6, 6.07) is 0. The van der Waals surface area contributed by atoms with Gasteiger partial charge in [-0.15, -0.1) is 9.05 Å². The molecule has 35 nitrogen and oxygen atoms in total. The van der Waals surface area contributed by atoms with Crippen LogP contribution in [0.1, 0.15) is 120 Å². The van der Waals surface area contributed by atoms with Crippen molar-refractivity contribution in [1.82, 2.24) is 5.32 Å². The number of rotatable bonds is 30. The number of aliphatic hydroxyl groups is 10. The first kappa shape index (κ1) is 84.3. The topological polar surface area (TPSA) is 542 Å². The molecule has 3 amide bonds. The van der Waals surface area contributed by atoms with Crippen molar-refractivity contribution in [2.45, 2.75) is 267 Å². The Morgan fingerprint density at radius 1 is 0.755 bits per heavy atom. The molecule has 10 unspecified atom stereocenters. The van der Waals surface area contributed by atoms with Crippen LogP contribution in [-0.2, 0) is 85.1 Å². The molecule has 6 saturated heterocycles. The van der Waals surface area contributed by atoms with Crippen LogP contribution in [0.5, 0.6) is 0 Å². The van der Waals surface area contributed by atoms with Gasteiger partial charge in [0.2, 0.25) is 12.2 Å². The molecular formula is C66H103N3O32P+. The van der Waals surface area contributed by atoms with Gasteiger partial charge in [0.05, 0.1) is 32.0 Å². The molecule has 0 aromatic heterocycles. The Morgan fingerprint density at radius 2 is 1.42 bits per heavy atom. The predicted molar refractivity (Wildman–Crippen MR) is 350 cm³/mol. The number of aliphatic carboxylic acids is 1. The molecule has 102 heavy (non-hydrogen) atoms. The van der Waals surface area contributed by atoms with Gasteiger partial charge in [-0.3, -0.25) is 14.4 Å².